The molecular weight excluding hydrogens is 238 g/mol. The second kappa shape index (κ2) is 5.48. The first kappa shape index (κ1) is 12.3. The van der Waals surface area contributed by atoms with Crippen molar-refractivity contribution in [3.05, 3.63) is 12.2 Å². The molecule has 1 aromatic rings. The molecule has 0 spiro atoms. The van der Waals surface area contributed by atoms with Crippen LogP contribution in [-0.2, 0) is 11.3 Å². The fourth-order valence-electron chi connectivity index (χ4n) is 1.63. The van der Waals surface area contributed by atoms with E-state index in [0.29, 0.717) is 5.82 Å². The topological polar surface area (TPSA) is 111 Å². The van der Waals surface area contributed by atoms with Gasteiger partial charge in [-0.25, -0.2) is 9.78 Å². The Morgan fingerprint density at radius 2 is 2.33 bits per heavy atom. The lowest BCUT2D eigenvalue weighted by Gasteiger charge is -2.21. The van der Waals surface area contributed by atoms with Gasteiger partial charge in [0.25, 0.3) is 0 Å². The first-order valence-corrected chi connectivity index (χ1v) is 5.77. The number of carboxylic acid groups (broad SMARTS) is 1. The molecule has 1 fully saturated rings. The summed E-state index contributed by atoms with van der Waals surface area (Å²) in [5, 5.41) is 17.6. The molecule has 0 unspecified atom stereocenters. The smallest absolute Gasteiger partial charge is 0.318 e. The van der Waals surface area contributed by atoms with Crippen LogP contribution >= 0.6 is 0 Å². The SMILES string of the molecule is O=C(O)CCN(C(=O)NCc1ncn[nH]1)C1CC1. The number of carboxylic acids is 1. The molecule has 0 aromatic carbocycles. The van der Waals surface area contributed by atoms with Gasteiger partial charge in [-0.3, -0.25) is 9.89 Å². The van der Waals surface area contributed by atoms with Gasteiger partial charge in [-0.2, -0.15) is 5.10 Å². The van der Waals surface area contributed by atoms with Gasteiger partial charge in [0.15, 0.2) is 0 Å². The van der Waals surface area contributed by atoms with E-state index in [9.17, 15) is 9.59 Å². The van der Waals surface area contributed by atoms with Crippen LogP contribution in [0.1, 0.15) is 25.1 Å². The molecule has 1 heterocycles. The second-order valence-corrected chi connectivity index (χ2v) is 4.16. The van der Waals surface area contributed by atoms with Gasteiger partial charge in [-0.15, -0.1) is 0 Å². The van der Waals surface area contributed by atoms with Crippen molar-refractivity contribution in [3.8, 4) is 0 Å². The number of hydrogen-bond donors (Lipinski definition) is 3. The predicted octanol–water partition coefficient (Wildman–Crippen LogP) is -0.0466. The molecule has 0 radical (unpaired) electrons. The van der Waals surface area contributed by atoms with E-state index >= 15 is 0 Å². The lowest BCUT2D eigenvalue weighted by atomic mass is 10.4. The highest BCUT2D eigenvalue weighted by atomic mass is 16.4. The van der Waals surface area contributed by atoms with E-state index in [0.717, 1.165) is 12.8 Å². The Kier molecular flexibility index (Phi) is 3.75. The number of H-pyrrole nitrogens is 1. The normalized spacial score (nSPS) is 14.2. The van der Waals surface area contributed by atoms with Gasteiger partial charge >= 0.3 is 12.0 Å². The summed E-state index contributed by atoms with van der Waals surface area (Å²) in [6.45, 7) is 0.497. The van der Waals surface area contributed by atoms with E-state index in [1.807, 2.05) is 0 Å². The van der Waals surface area contributed by atoms with Crippen LogP contribution in [0.5, 0.6) is 0 Å². The second-order valence-electron chi connectivity index (χ2n) is 4.16. The summed E-state index contributed by atoms with van der Waals surface area (Å²) in [7, 11) is 0. The number of nitrogens with one attached hydrogen (secondary N) is 2. The van der Waals surface area contributed by atoms with Gasteiger partial charge in [0.2, 0.25) is 0 Å². The maximum absolute atomic E-state index is 11.9. The summed E-state index contributed by atoms with van der Waals surface area (Å²) in [6.07, 6.45) is 3.21. The minimum atomic E-state index is -0.899. The number of urea groups is 1. The molecule has 0 atom stereocenters. The summed E-state index contributed by atoms with van der Waals surface area (Å²) < 4.78 is 0. The van der Waals surface area contributed by atoms with Crippen molar-refractivity contribution in [2.24, 2.45) is 0 Å². The Labute approximate surface area is 103 Å². The molecule has 0 aliphatic heterocycles. The average Bonchev–Trinajstić information content (AvgIpc) is 3.03. The Hall–Kier alpha value is -2.12. The van der Waals surface area contributed by atoms with Crippen molar-refractivity contribution in [2.45, 2.75) is 31.8 Å². The van der Waals surface area contributed by atoms with Crippen molar-refractivity contribution < 1.29 is 14.7 Å². The fourth-order valence-corrected chi connectivity index (χ4v) is 1.63. The summed E-state index contributed by atoms with van der Waals surface area (Å²) in [5.74, 6) is -0.332. The molecule has 1 aromatic heterocycles. The molecule has 1 saturated carbocycles. The van der Waals surface area contributed by atoms with E-state index in [-0.39, 0.29) is 31.6 Å². The van der Waals surface area contributed by atoms with Crippen LogP contribution in [0.15, 0.2) is 6.33 Å². The molecule has 98 valence electrons. The third kappa shape index (κ3) is 3.44. The highest BCUT2D eigenvalue weighted by molar-refractivity contribution is 5.75. The molecule has 0 saturated heterocycles. The van der Waals surface area contributed by atoms with Gasteiger partial charge in [0, 0.05) is 12.6 Å². The molecule has 2 amide bonds. The summed E-state index contributed by atoms with van der Waals surface area (Å²) in [4.78, 5) is 27.9. The van der Waals surface area contributed by atoms with E-state index in [2.05, 4.69) is 20.5 Å². The predicted molar refractivity (Wildman–Crippen MR) is 60.6 cm³/mol. The van der Waals surface area contributed by atoms with E-state index in [1.165, 1.54) is 6.33 Å². The zero-order valence-corrected chi connectivity index (χ0v) is 9.80. The number of hydrogen-bond acceptors (Lipinski definition) is 4. The maximum atomic E-state index is 11.9. The molecule has 18 heavy (non-hydrogen) atoms. The van der Waals surface area contributed by atoms with Crippen molar-refractivity contribution in [3.63, 3.8) is 0 Å². The minimum absolute atomic E-state index is 0.0355. The Balaban J connectivity index is 1.81. The van der Waals surface area contributed by atoms with Gasteiger partial charge in [-0.05, 0) is 12.8 Å². The van der Waals surface area contributed by atoms with Gasteiger partial charge in [0.1, 0.15) is 12.2 Å². The lowest BCUT2D eigenvalue weighted by molar-refractivity contribution is -0.137. The van der Waals surface area contributed by atoms with E-state index in [4.69, 9.17) is 5.11 Å². The van der Waals surface area contributed by atoms with Crippen LogP contribution < -0.4 is 5.32 Å². The summed E-state index contributed by atoms with van der Waals surface area (Å²) >= 11 is 0. The van der Waals surface area contributed by atoms with Crippen molar-refractivity contribution in [2.75, 3.05) is 6.54 Å². The molecule has 1 aliphatic carbocycles. The van der Waals surface area contributed by atoms with Gasteiger partial charge in [0.05, 0.1) is 13.0 Å². The van der Waals surface area contributed by atoms with Crippen molar-refractivity contribution >= 4 is 12.0 Å². The average molecular weight is 253 g/mol. The zero-order valence-electron chi connectivity index (χ0n) is 9.80. The standard InChI is InChI=1S/C10H15N5O3/c16-9(17)3-4-15(7-1-2-7)10(18)11-5-8-12-6-13-14-8/h6-7H,1-5H2,(H,11,18)(H,16,17)(H,12,13,14). The first-order chi connectivity index (χ1) is 8.66. The summed E-state index contributed by atoms with van der Waals surface area (Å²) in [6, 6.07) is -0.0748. The van der Waals surface area contributed by atoms with Crippen LogP contribution in [0.25, 0.3) is 0 Å². The number of aromatic amines is 1. The number of nitrogens with zero attached hydrogens (tertiary/aromatic N) is 3. The molecular formula is C10H15N5O3. The van der Waals surface area contributed by atoms with Crippen molar-refractivity contribution in [1.29, 1.82) is 0 Å². The molecule has 8 nitrogen and oxygen atoms in total. The molecule has 2 rings (SSSR count). The Morgan fingerprint density at radius 3 is 2.89 bits per heavy atom. The zero-order chi connectivity index (χ0) is 13.0. The third-order valence-electron chi connectivity index (χ3n) is 2.69. The number of amides is 2. The Morgan fingerprint density at radius 1 is 1.56 bits per heavy atom. The highest BCUT2D eigenvalue weighted by Gasteiger charge is 2.32. The Bertz CT molecular complexity index is 415. The van der Waals surface area contributed by atoms with Crippen LogP contribution in [0.3, 0.4) is 0 Å². The van der Waals surface area contributed by atoms with E-state index < -0.39 is 5.97 Å². The van der Waals surface area contributed by atoms with Gasteiger partial charge < -0.3 is 15.3 Å². The lowest BCUT2D eigenvalue weighted by Crippen LogP contribution is -2.42. The molecule has 0 bridgehead atoms. The number of aromatic nitrogens is 3. The molecule has 8 heteroatoms. The molecule has 3 N–H and O–H groups in total. The van der Waals surface area contributed by atoms with Gasteiger partial charge in [-0.1, -0.05) is 0 Å². The fraction of sp³-hybridized carbons (Fsp3) is 0.600. The van der Waals surface area contributed by atoms with Crippen LogP contribution in [0.4, 0.5) is 4.79 Å². The number of rotatable bonds is 6. The maximum Gasteiger partial charge on any atom is 0.318 e. The van der Waals surface area contributed by atoms with Crippen LogP contribution in [-0.4, -0.2) is 49.8 Å². The monoisotopic (exact) mass is 253 g/mol. The van der Waals surface area contributed by atoms with Crippen LogP contribution in [0, 0.1) is 0 Å². The van der Waals surface area contributed by atoms with E-state index in [1.54, 1.807) is 4.90 Å². The highest BCUT2D eigenvalue weighted by Crippen LogP contribution is 2.26. The number of carbonyl (C=O) groups is 2. The van der Waals surface area contributed by atoms with Crippen LogP contribution in [0.2, 0.25) is 0 Å². The summed E-state index contributed by atoms with van der Waals surface area (Å²) in [5.41, 5.74) is 0. The molecule has 1 aliphatic rings. The largest absolute Gasteiger partial charge is 0.481 e. The quantitative estimate of drug-likeness (QED) is 0.658. The number of carbonyl (C=O) groups excluding carboxylic acids is 1. The minimum Gasteiger partial charge on any atom is -0.481 e. The first-order valence-electron chi connectivity index (χ1n) is 5.77. The number of aliphatic carboxylic acids is 1. The third-order valence-corrected chi connectivity index (χ3v) is 2.69. The van der Waals surface area contributed by atoms with Crippen molar-refractivity contribution in [1.82, 2.24) is 25.4 Å².